The van der Waals surface area contributed by atoms with Crippen LogP contribution in [0.5, 0.6) is 0 Å². The number of hydrogen-bond donors (Lipinski definition) is 2. The Morgan fingerprint density at radius 1 is 0.828 bits per heavy atom. The van der Waals surface area contributed by atoms with Gasteiger partial charge >= 0.3 is 0 Å². The minimum Gasteiger partial charge on any atom is -0.340 e. The zero-order chi connectivity index (χ0) is 19.6. The van der Waals surface area contributed by atoms with Crippen LogP contribution in [-0.2, 0) is 0 Å². The van der Waals surface area contributed by atoms with Gasteiger partial charge < -0.3 is 10.3 Å². The highest BCUT2D eigenvalue weighted by Crippen LogP contribution is 2.29. The van der Waals surface area contributed by atoms with Gasteiger partial charge in [0.15, 0.2) is 0 Å². The van der Waals surface area contributed by atoms with E-state index in [2.05, 4.69) is 69.7 Å². The number of rotatable bonds is 4. The highest BCUT2D eigenvalue weighted by Gasteiger charge is 2.10. The molecule has 0 fully saturated rings. The Morgan fingerprint density at radius 2 is 1.66 bits per heavy atom. The van der Waals surface area contributed by atoms with Crippen molar-refractivity contribution < 1.29 is 0 Å². The molecule has 5 rings (SSSR count). The van der Waals surface area contributed by atoms with Crippen LogP contribution in [-0.4, -0.2) is 15.0 Å². The minimum atomic E-state index is 0.849. The Bertz CT molecular complexity index is 1280. The molecule has 0 atom stereocenters. The first-order chi connectivity index (χ1) is 14.3. The van der Waals surface area contributed by atoms with E-state index >= 15 is 0 Å². The van der Waals surface area contributed by atoms with Crippen molar-refractivity contribution >= 4 is 22.3 Å². The Kier molecular flexibility index (Phi) is 4.30. The second-order valence-electron chi connectivity index (χ2n) is 7.05. The minimum absolute atomic E-state index is 0.849. The van der Waals surface area contributed by atoms with Gasteiger partial charge in [-0.2, -0.15) is 0 Å². The molecular formula is C25H20N4. The van der Waals surface area contributed by atoms with Gasteiger partial charge in [-0.15, -0.1) is 0 Å². The van der Waals surface area contributed by atoms with Crippen molar-refractivity contribution in [3.05, 3.63) is 96.8 Å². The molecule has 29 heavy (non-hydrogen) atoms. The first-order valence-electron chi connectivity index (χ1n) is 9.60. The lowest BCUT2D eigenvalue weighted by Gasteiger charge is -2.11. The number of nitrogens with one attached hydrogen (secondary N) is 2. The third kappa shape index (κ3) is 3.36. The van der Waals surface area contributed by atoms with Crippen LogP contribution in [0, 0.1) is 6.92 Å². The Hall–Kier alpha value is -3.92. The third-order valence-corrected chi connectivity index (χ3v) is 5.09. The van der Waals surface area contributed by atoms with Gasteiger partial charge in [-0.3, -0.25) is 0 Å². The smallest absolute Gasteiger partial charge is 0.138 e. The van der Waals surface area contributed by atoms with Crippen LogP contribution in [0.25, 0.3) is 33.4 Å². The maximum absolute atomic E-state index is 4.62. The second kappa shape index (κ2) is 7.24. The summed E-state index contributed by atoms with van der Waals surface area (Å²) in [6.07, 6.45) is 3.72. The lowest BCUT2D eigenvalue weighted by Crippen LogP contribution is -1.96. The van der Waals surface area contributed by atoms with E-state index in [-0.39, 0.29) is 0 Å². The molecular weight excluding hydrogens is 356 g/mol. The topological polar surface area (TPSA) is 53.6 Å². The van der Waals surface area contributed by atoms with Crippen LogP contribution in [0.4, 0.5) is 11.5 Å². The summed E-state index contributed by atoms with van der Waals surface area (Å²) in [7, 11) is 0. The van der Waals surface area contributed by atoms with Crippen molar-refractivity contribution in [2.75, 3.05) is 5.32 Å². The summed E-state index contributed by atoms with van der Waals surface area (Å²) in [4.78, 5) is 12.6. The zero-order valence-corrected chi connectivity index (χ0v) is 16.1. The predicted octanol–water partition coefficient (Wildman–Crippen LogP) is 6.34. The van der Waals surface area contributed by atoms with E-state index in [0.717, 1.165) is 50.5 Å². The number of pyridine rings is 1. The molecule has 3 aromatic carbocycles. The summed E-state index contributed by atoms with van der Waals surface area (Å²) in [5, 5.41) is 5.73. The van der Waals surface area contributed by atoms with Crippen LogP contribution >= 0.6 is 0 Å². The largest absolute Gasteiger partial charge is 0.340 e. The molecule has 0 spiro atoms. The quantitative estimate of drug-likeness (QED) is 0.384. The number of benzene rings is 3. The average molecular weight is 376 g/mol. The number of hydrogen-bond acceptors (Lipinski definition) is 3. The molecule has 0 aliphatic carbocycles. The summed E-state index contributed by atoms with van der Waals surface area (Å²) < 4.78 is 0. The fourth-order valence-corrected chi connectivity index (χ4v) is 3.53. The number of imidazole rings is 1. The summed E-state index contributed by atoms with van der Waals surface area (Å²) in [5.74, 6) is 1.71. The van der Waals surface area contributed by atoms with Gasteiger partial charge in [-0.05, 0) is 41.6 Å². The zero-order valence-electron chi connectivity index (χ0n) is 16.1. The van der Waals surface area contributed by atoms with E-state index in [0.29, 0.717) is 0 Å². The van der Waals surface area contributed by atoms with Gasteiger partial charge in [0.2, 0.25) is 0 Å². The van der Waals surface area contributed by atoms with Crippen molar-refractivity contribution in [2.24, 2.45) is 0 Å². The van der Waals surface area contributed by atoms with Gasteiger partial charge in [0.05, 0.1) is 11.9 Å². The summed E-state index contributed by atoms with van der Waals surface area (Å²) in [6.45, 7) is 2.10. The first-order valence-corrected chi connectivity index (χ1v) is 9.60. The molecule has 0 amide bonds. The van der Waals surface area contributed by atoms with Gasteiger partial charge in [0.25, 0.3) is 0 Å². The molecule has 0 radical (unpaired) electrons. The molecule has 0 aliphatic heterocycles. The van der Waals surface area contributed by atoms with E-state index in [9.17, 15) is 0 Å². The number of aryl methyl sites for hydroxylation is 1. The lowest BCUT2D eigenvalue weighted by atomic mass is 10.1. The number of anilines is 2. The van der Waals surface area contributed by atoms with Crippen molar-refractivity contribution in [3.8, 4) is 22.6 Å². The highest BCUT2D eigenvalue weighted by molar-refractivity contribution is 5.93. The monoisotopic (exact) mass is 376 g/mol. The molecule has 0 bridgehead atoms. The number of H-pyrrole nitrogens is 1. The Morgan fingerprint density at radius 3 is 2.55 bits per heavy atom. The number of nitrogens with zero attached hydrogens (tertiary/aromatic N) is 2. The van der Waals surface area contributed by atoms with Gasteiger partial charge in [-0.25, -0.2) is 9.97 Å². The van der Waals surface area contributed by atoms with E-state index in [1.165, 1.54) is 0 Å². The van der Waals surface area contributed by atoms with Gasteiger partial charge in [0.1, 0.15) is 11.6 Å². The summed E-state index contributed by atoms with van der Waals surface area (Å²) in [6, 6.07) is 26.8. The Balaban J connectivity index is 1.50. The van der Waals surface area contributed by atoms with Crippen LogP contribution in [0.1, 0.15) is 5.56 Å². The summed E-state index contributed by atoms with van der Waals surface area (Å²) in [5.41, 5.74) is 5.34. The third-order valence-electron chi connectivity index (χ3n) is 5.09. The van der Waals surface area contributed by atoms with Crippen LogP contribution < -0.4 is 5.32 Å². The molecule has 0 unspecified atom stereocenters. The van der Waals surface area contributed by atoms with E-state index < -0.39 is 0 Å². The molecule has 140 valence electrons. The molecule has 0 saturated heterocycles. The second-order valence-corrected chi connectivity index (χ2v) is 7.05. The number of fused-ring (bicyclic) bond motifs is 1. The van der Waals surface area contributed by atoms with Crippen molar-refractivity contribution in [2.45, 2.75) is 6.92 Å². The molecule has 4 heteroatoms. The van der Waals surface area contributed by atoms with Crippen molar-refractivity contribution in [1.82, 2.24) is 15.0 Å². The molecule has 0 aliphatic rings. The normalized spacial score (nSPS) is 10.9. The molecule has 2 aromatic heterocycles. The highest BCUT2D eigenvalue weighted by atomic mass is 15.0. The van der Waals surface area contributed by atoms with Crippen LogP contribution in [0.2, 0.25) is 0 Å². The standard InChI is InChI=1S/C25H20N4/c1-17-11-12-20(28-24-21-10-6-5-7-18(21)13-14-26-24)15-22(17)25-27-16-23(29-25)19-8-3-2-4-9-19/h2-16H,1H3,(H,26,28)(H,27,29). The fourth-order valence-electron chi connectivity index (χ4n) is 3.53. The van der Waals surface area contributed by atoms with Crippen LogP contribution in [0.3, 0.4) is 0 Å². The molecule has 4 nitrogen and oxygen atoms in total. The molecule has 2 heterocycles. The van der Waals surface area contributed by atoms with E-state index in [4.69, 9.17) is 0 Å². The SMILES string of the molecule is Cc1ccc(Nc2nccc3ccccc23)cc1-c1ncc(-c2ccccc2)[nH]1. The van der Waals surface area contributed by atoms with E-state index in [1.807, 2.05) is 48.8 Å². The molecule has 5 aromatic rings. The number of aromatic amines is 1. The molecule has 2 N–H and O–H groups in total. The first kappa shape index (κ1) is 17.2. The summed E-state index contributed by atoms with van der Waals surface area (Å²) >= 11 is 0. The lowest BCUT2D eigenvalue weighted by molar-refractivity contribution is 1.28. The average Bonchev–Trinajstić information content (AvgIpc) is 3.26. The van der Waals surface area contributed by atoms with Gasteiger partial charge in [-0.1, -0.05) is 60.7 Å². The van der Waals surface area contributed by atoms with Gasteiger partial charge in [0, 0.05) is 22.8 Å². The number of aromatic nitrogens is 3. The van der Waals surface area contributed by atoms with Crippen LogP contribution in [0.15, 0.2) is 91.3 Å². The predicted molar refractivity (Wildman–Crippen MR) is 119 cm³/mol. The molecule has 0 saturated carbocycles. The Labute approximate surface area is 169 Å². The van der Waals surface area contributed by atoms with Crippen molar-refractivity contribution in [1.29, 1.82) is 0 Å². The maximum atomic E-state index is 4.62. The van der Waals surface area contributed by atoms with E-state index in [1.54, 1.807) is 0 Å². The maximum Gasteiger partial charge on any atom is 0.138 e. The van der Waals surface area contributed by atoms with Crippen molar-refractivity contribution in [3.63, 3.8) is 0 Å². The fraction of sp³-hybridized carbons (Fsp3) is 0.0400.